The maximum Gasteiger partial charge on any atom is 0.250 e. The van der Waals surface area contributed by atoms with Crippen LogP contribution in [0.2, 0.25) is 5.02 Å². The average molecular weight is 265 g/mol. The molecule has 1 aromatic heterocycles. The molecule has 7 heteroatoms. The molecule has 0 fully saturated rings. The standard InChI is InChI=1S/C9H4Cl2F2N2O/c10-3-8-14-15-9(16-8)4-1-7(13)5(11)2-6(4)12/h1-2H,3H2. The molecule has 0 unspecified atom stereocenters. The summed E-state index contributed by atoms with van der Waals surface area (Å²) in [4.78, 5) is 0. The molecule has 0 amide bonds. The van der Waals surface area contributed by atoms with Crippen molar-refractivity contribution in [2.45, 2.75) is 5.88 Å². The van der Waals surface area contributed by atoms with Gasteiger partial charge in [0.25, 0.3) is 5.89 Å². The molecule has 0 spiro atoms. The Morgan fingerprint density at radius 1 is 1.19 bits per heavy atom. The second kappa shape index (κ2) is 4.35. The molecule has 0 saturated heterocycles. The van der Waals surface area contributed by atoms with Crippen LogP contribution in [0.25, 0.3) is 11.5 Å². The molecular formula is C9H4Cl2F2N2O. The van der Waals surface area contributed by atoms with E-state index < -0.39 is 11.6 Å². The van der Waals surface area contributed by atoms with Crippen LogP contribution in [0.3, 0.4) is 0 Å². The van der Waals surface area contributed by atoms with Gasteiger partial charge in [0.1, 0.15) is 17.5 Å². The van der Waals surface area contributed by atoms with E-state index in [0.29, 0.717) is 0 Å². The maximum absolute atomic E-state index is 13.4. The van der Waals surface area contributed by atoms with Gasteiger partial charge in [0, 0.05) is 0 Å². The lowest BCUT2D eigenvalue weighted by Crippen LogP contribution is -1.88. The predicted molar refractivity (Wildman–Crippen MR) is 54.2 cm³/mol. The number of benzene rings is 1. The largest absolute Gasteiger partial charge is 0.419 e. The van der Waals surface area contributed by atoms with Crippen molar-refractivity contribution in [3.63, 3.8) is 0 Å². The molecule has 0 atom stereocenters. The Kier molecular flexibility index (Phi) is 3.07. The smallest absolute Gasteiger partial charge is 0.250 e. The third-order valence-electron chi connectivity index (χ3n) is 1.82. The highest BCUT2D eigenvalue weighted by Gasteiger charge is 2.15. The molecule has 2 aromatic rings. The molecule has 0 N–H and O–H groups in total. The Labute approximate surface area is 99.0 Å². The van der Waals surface area contributed by atoms with E-state index in [2.05, 4.69) is 10.2 Å². The van der Waals surface area contributed by atoms with Crippen LogP contribution in [0.15, 0.2) is 16.5 Å². The van der Waals surface area contributed by atoms with Crippen molar-refractivity contribution >= 4 is 23.2 Å². The van der Waals surface area contributed by atoms with Gasteiger partial charge >= 0.3 is 0 Å². The van der Waals surface area contributed by atoms with Crippen LogP contribution in [0.5, 0.6) is 0 Å². The van der Waals surface area contributed by atoms with Gasteiger partial charge in [0.05, 0.1) is 10.6 Å². The number of nitrogens with zero attached hydrogens (tertiary/aromatic N) is 2. The highest BCUT2D eigenvalue weighted by molar-refractivity contribution is 6.30. The normalized spacial score (nSPS) is 10.8. The lowest BCUT2D eigenvalue weighted by molar-refractivity contribution is 0.519. The van der Waals surface area contributed by atoms with E-state index in [9.17, 15) is 8.78 Å². The van der Waals surface area contributed by atoms with Crippen molar-refractivity contribution in [1.82, 2.24) is 10.2 Å². The quantitative estimate of drug-likeness (QED) is 0.617. The van der Waals surface area contributed by atoms with Gasteiger partial charge in [0.15, 0.2) is 0 Å². The molecule has 0 aliphatic heterocycles. The molecule has 0 saturated carbocycles. The first-order valence-electron chi connectivity index (χ1n) is 4.15. The van der Waals surface area contributed by atoms with E-state index in [1.54, 1.807) is 0 Å². The molecule has 84 valence electrons. The summed E-state index contributed by atoms with van der Waals surface area (Å²) in [5.41, 5.74) is -0.147. The molecule has 0 bridgehead atoms. The minimum Gasteiger partial charge on any atom is -0.419 e. The highest BCUT2D eigenvalue weighted by Crippen LogP contribution is 2.26. The molecule has 0 aliphatic rings. The van der Waals surface area contributed by atoms with Crippen molar-refractivity contribution in [1.29, 1.82) is 0 Å². The van der Waals surface area contributed by atoms with Crippen LogP contribution >= 0.6 is 23.2 Å². The number of alkyl halides is 1. The SMILES string of the molecule is Fc1cc(-c2nnc(CCl)o2)c(F)cc1Cl. The van der Waals surface area contributed by atoms with Crippen LogP contribution < -0.4 is 0 Å². The van der Waals surface area contributed by atoms with E-state index in [1.165, 1.54) is 0 Å². The van der Waals surface area contributed by atoms with Crippen LogP contribution in [0, 0.1) is 11.6 Å². The maximum atomic E-state index is 13.4. The van der Waals surface area contributed by atoms with Crippen molar-refractivity contribution in [3.8, 4) is 11.5 Å². The fraction of sp³-hybridized carbons (Fsp3) is 0.111. The van der Waals surface area contributed by atoms with Crippen molar-refractivity contribution in [2.24, 2.45) is 0 Å². The molecule has 2 rings (SSSR count). The van der Waals surface area contributed by atoms with E-state index in [4.69, 9.17) is 27.6 Å². The van der Waals surface area contributed by atoms with Gasteiger partial charge in [0.2, 0.25) is 5.89 Å². The Morgan fingerprint density at radius 2 is 1.94 bits per heavy atom. The van der Waals surface area contributed by atoms with E-state index in [-0.39, 0.29) is 28.2 Å². The zero-order valence-electron chi connectivity index (χ0n) is 7.68. The van der Waals surface area contributed by atoms with E-state index >= 15 is 0 Å². The molecule has 1 heterocycles. The molecule has 0 aliphatic carbocycles. The number of halogens is 4. The van der Waals surface area contributed by atoms with Crippen LogP contribution in [-0.4, -0.2) is 10.2 Å². The second-order valence-electron chi connectivity index (χ2n) is 2.88. The second-order valence-corrected chi connectivity index (χ2v) is 3.56. The first kappa shape index (κ1) is 11.3. The summed E-state index contributed by atoms with van der Waals surface area (Å²) >= 11 is 10.8. The summed E-state index contributed by atoms with van der Waals surface area (Å²) in [6, 6.07) is 1.74. The van der Waals surface area contributed by atoms with Crippen molar-refractivity contribution in [3.05, 3.63) is 34.7 Å². The van der Waals surface area contributed by atoms with Crippen LogP contribution in [-0.2, 0) is 5.88 Å². The van der Waals surface area contributed by atoms with E-state index in [0.717, 1.165) is 12.1 Å². The first-order valence-corrected chi connectivity index (χ1v) is 5.06. The summed E-state index contributed by atoms with van der Waals surface area (Å²) in [6.07, 6.45) is 0. The van der Waals surface area contributed by atoms with Crippen LogP contribution in [0.1, 0.15) is 5.89 Å². The number of hydrogen-bond donors (Lipinski definition) is 0. The predicted octanol–water partition coefficient (Wildman–Crippen LogP) is 3.41. The Hall–Kier alpha value is -1.20. The fourth-order valence-corrected chi connectivity index (χ4v) is 1.36. The third-order valence-corrected chi connectivity index (χ3v) is 2.34. The van der Waals surface area contributed by atoms with Crippen LogP contribution in [0.4, 0.5) is 8.78 Å². The van der Waals surface area contributed by atoms with Gasteiger partial charge in [-0.1, -0.05) is 11.6 Å². The summed E-state index contributed by atoms with van der Waals surface area (Å²) < 4.78 is 31.5. The first-order chi connectivity index (χ1) is 7.61. The molecule has 0 radical (unpaired) electrons. The average Bonchev–Trinajstić information content (AvgIpc) is 2.71. The summed E-state index contributed by atoms with van der Waals surface area (Å²) in [5.74, 6) is -1.50. The summed E-state index contributed by atoms with van der Waals surface area (Å²) in [6.45, 7) is 0. The lowest BCUT2D eigenvalue weighted by atomic mass is 10.2. The summed E-state index contributed by atoms with van der Waals surface area (Å²) in [7, 11) is 0. The summed E-state index contributed by atoms with van der Waals surface area (Å²) in [5, 5.41) is 6.76. The Balaban J connectivity index is 2.51. The van der Waals surface area contributed by atoms with Gasteiger partial charge in [-0.3, -0.25) is 0 Å². The minimum atomic E-state index is -0.760. The monoisotopic (exact) mass is 264 g/mol. The molecule has 3 nitrogen and oxygen atoms in total. The van der Waals surface area contributed by atoms with Gasteiger partial charge in [-0.25, -0.2) is 8.78 Å². The number of hydrogen-bond acceptors (Lipinski definition) is 3. The van der Waals surface area contributed by atoms with Gasteiger partial charge in [-0.2, -0.15) is 0 Å². The third kappa shape index (κ3) is 2.01. The molecule has 1 aromatic carbocycles. The Morgan fingerprint density at radius 3 is 2.56 bits per heavy atom. The highest BCUT2D eigenvalue weighted by atomic mass is 35.5. The minimum absolute atomic E-state index is 0.00465. The lowest BCUT2D eigenvalue weighted by Gasteiger charge is -1.99. The number of rotatable bonds is 2. The molecule has 16 heavy (non-hydrogen) atoms. The van der Waals surface area contributed by atoms with Gasteiger partial charge in [-0.15, -0.1) is 21.8 Å². The molecular weight excluding hydrogens is 261 g/mol. The van der Waals surface area contributed by atoms with E-state index in [1.807, 2.05) is 0 Å². The van der Waals surface area contributed by atoms with Crippen molar-refractivity contribution < 1.29 is 13.2 Å². The zero-order chi connectivity index (χ0) is 11.7. The zero-order valence-corrected chi connectivity index (χ0v) is 9.19. The Bertz CT molecular complexity index is 530. The van der Waals surface area contributed by atoms with Gasteiger partial charge in [-0.05, 0) is 12.1 Å². The topological polar surface area (TPSA) is 38.9 Å². The van der Waals surface area contributed by atoms with Crippen molar-refractivity contribution in [2.75, 3.05) is 0 Å². The van der Waals surface area contributed by atoms with Gasteiger partial charge < -0.3 is 4.42 Å². The fourth-order valence-electron chi connectivity index (χ4n) is 1.10. The number of aromatic nitrogens is 2.